The van der Waals surface area contributed by atoms with E-state index in [0.717, 1.165) is 0 Å². The Labute approximate surface area is 105 Å². The number of rotatable bonds is 4. The molecule has 1 heterocycles. The molecule has 0 saturated heterocycles. The summed E-state index contributed by atoms with van der Waals surface area (Å²) in [6, 6.07) is 8.97. The van der Waals surface area contributed by atoms with E-state index >= 15 is 0 Å². The van der Waals surface area contributed by atoms with Crippen molar-refractivity contribution in [1.82, 2.24) is 9.78 Å². The van der Waals surface area contributed by atoms with Crippen LogP contribution in [0.15, 0.2) is 36.5 Å². The molecular weight excluding hydrogens is 232 g/mol. The van der Waals surface area contributed by atoms with Crippen LogP contribution in [0.4, 0.5) is 0 Å². The fourth-order valence-electron chi connectivity index (χ4n) is 1.66. The summed E-state index contributed by atoms with van der Waals surface area (Å²) in [5, 5.41) is 4.13. The third kappa shape index (κ3) is 2.20. The highest BCUT2D eigenvalue weighted by atomic mass is 16.5. The minimum atomic E-state index is -0.402. The maximum atomic E-state index is 11.8. The molecule has 0 aliphatic carbocycles. The average Bonchev–Trinajstić information content (AvgIpc) is 2.88. The second-order valence-corrected chi connectivity index (χ2v) is 3.52. The van der Waals surface area contributed by atoms with Crippen molar-refractivity contribution in [1.29, 1.82) is 0 Å². The molecule has 0 N–H and O–H groups in total. The molecule has 1 aromatic heterocycles. The van der Waals surface area contributed by atoms with Crippen LogP contribution in [0, 0.1) is 0 Å². The molecule has 0 spiro atoms. The van der Waals surface area contributed by atoms with Crippen LogP contribution in [-0.2, 0) is 4.74 Å². The molecule has 2 aromatic rings. The number of aromatic nitrogens is 2. The number of ether oxygens (including phenoxy) is 2. The highest BCUT2D eigenvalue weighted by Crippen LogP contribution is 2.22. The van der Waals surface area contributed by atoms with Crippen LogP contribution in [0.5, 0.6) is 5.75 Å². The van der Waals surface area contributed by atoms with E-state index in [0.29, 0.717) is 23.7 Å². The zero-order valence-electron chi connectivity index (χ0n) is 10.3. The van der Waals surface area contributed by atoms with Gasteiger partial charge in [-0.3, -0.25) is 0 Å². The Bertz CT molecular complexity index is 549. The monoisotopic (exact) mass is 246 g/mol. The maximum Gasteiger partial charge on any atom is 0.357 e. The van der Waals surface area contributed by atoms with Gasteiger partial charge in [-0.1, -0.05) is 12.1 Å². The van der Waals surface area contributed by atoms with Gasteiger partial charge in [0, 0.05) is 0 Å². The van der Waals surface area contributed by atoms with Gasteiger partial charge in [0.25, 0.3) is 0 Å². The van der Waals surface area contributed by atoms with E-state index in [1.165, 1.54) is 4.68 Å². The van der Waals surface area contributed by atoms with Gasteiger partial charge in [-0.05, 0) is 25.1 Å². The molecule has 5 nitrogen and oxygen atoms in total. The van der Waals surface area contributed by atoms with E-state index in [1.54, 1.807) is 26.3 Å². The zero-order valence-corrected chi connectivity index (χ0v) is 10.3. The van der Waals surface area contributed by atoms with Crippen molar-refractivity contribution < 1.29 is 14.3 Å². The molecule has 0 aliphatic heterocycles. The molecule has 18 heavy (non-hydrogen) atoms. The first-order valence-corrected chi connectivity index (χ1v) is 5.62. The molecule has 0 saturated carbocycles. The molecule has 0 radical (unpaired) electrons. The van der Waals surface area contributed by atoms with Gasteiger partial charge in [0.2, 0.25) is 0 Å². The quantitative estimate of drug-likeness (QED) is 0.775. The topological polar surface area (TPSA) is 53.3 Å². The standard InChI is InChI=1S/C13H14N2O3/c1-3-18-13(16)11-8-9-14-15(11)10-6-4-5-7-12(10)17-2/h4-9H,3H2,1-2H3. The van der Waals surface area contributed by atoms with E-state index in [1.807, 2.05) is 24.3 Å². The van der Waals surface area contributed by atoms with E-state index < -0.39 is 5.97 Å². The van der Waals surface area contributed by atoms with E-state index in [-0.39, 0.29) is 0 Å². The lowest BCUT2D eigenvalue weighted by molar-refractivity contribution is 0.0515. The predicted molar refractivity (Wildman–Crippen MR) is 66.1 cm³/mol. The molecule has 0 bridgehead atoms. The van der Waals surface area contributed by atoms with Crippen LogP contribution in [0.3, 0.4) is 0 Å². The van der Waals surface area contributed by atoms with Crippen LogP contribution in [0.25, 0.3) is 5.69 Å². The predicted octanol–water partition coefficient (Wildman–Crippen LogP) is 2.06. The first kappa shape index (κ1) is 12.2. The molecular formula is C13H14N2O3. The number of carbonyl (C=O) groups is 1. The molecule has 0 fully saturated rings. The minimum Gasteiger partial charge on any atom is -0.494 e. The number of hydrogen-bond acceptors (Lipinski definition) is 4. The Kier molecular flexibility index (Phi) is 3.62. The van der Waals surface area contributed by atoms with Crippen LogP contribution in [0.2, 0.25) is 0 Å². The normalized spacial score (nSPS) is 10.1. The van der Waals surface area contributed by atoms with Gasteiger partial charge in [0.1, 0.15) is 11.4 Å². The molecule has 0 atom stereocenters. The van der Waals surface area contributed by atoms with E-state index in [9.17, 15) is 4.79 Å². The first-order valence-electron chi connectivity index (χ1n) is 5.62. The smallest absolute Gasteiger partial charge is 0.357 e. The summed E-state index contributed by atoms with van der Waals surface area (Å²) in [6.45, 7) is 2.09. The van der Waals surface area contributed by atoms with Crippen molar-refractivity contribution >= 4 is 5.97 Å². The van der Waals surface area contributed by atoms with Gasteiger partial charge < -0.3 is 9.47 Å². The second kappa shape index (κ2) is 5.35. The lowest BCUT2D eigenvalue weighted by Gasteiger charge is -2.10. The van der Waals surface area contributed by atoms with Gasteiger partial charge in [-0.2, -0.15) is 5.10 Å². The molecule has 5 heteroatoms. The summed E-state index contributed by atoms with van der Waals surface area (Å²) >= 11 is 0. The second-order valence-electron chi connectivity index (χ2n) is 3.52. The summed E-state index contributed by atoms with van der Waals surface area (Å²) < 4.78 is 11.7. The van der Waals surface area contributed by atoms with Gasteiger partial charge in [-0.15, -0.1) is 0 Å². The van der Waals surface area contributed by atoms with Gasteiger partial charge in [0.05, 0.1) is 19.9 Å². The molecule has 1 aromatic carbocycles. The van der Waals surface area contributed by atoms with Crippen LogP contribution < -0.4 is 4.74 Å². The third-order valence-electron chi connectivity index (χ3n) is 2.44. The highest BCUT2D eigenvalue weighted by molar-refractivity contribution is 5.88. The highest BCUT2D eigenvalue weighted by Gasteiger charge is 2.16. The van der Waals surface area contributed by atoms with Gasteiger partial charge >= 0.3 is 5.97 Å². The lowest BCUT2D eigenvalue weighted by Crippen LogP contribution is -2.12. The molecule has 2 rings (SSSR count). The van der Waals surface area contributed by atoms with Crippen molar-refractivity contribution in [2.45, 2.75) is 6.92 Å². The van der Waals surface area contributed by atoms with Gasteiger partial charge in [0.15, 0.2) is 5.69 Å². The Hall–Kier alpha value is -2.30. The number of carbonyl (C=O) groups excluding carboxylic acids is 1. The van der Waals surface area contributed by atoms with Crippen LogP contribution in [-0.4, -0.2) is 29.5 Å². The number of hydrogen-bond donors (Lipinski definition) is 0. The molecule has 94 valence electrons. The largest absolute Gasteiger partial charge is 0.494 e. The zero-order chi connectivity index (χ0) is 13.0. The first-order chi connectivity index (χ1) is 8.77. The van der Waals surface area contributed by atoms with Crippen molar-refractivity contribution in [3.8, 4) is 11.4 Å². The summed E-state index contributed by atoms with van der Waals surface area (Å²) in [4.78, 5) is 11.8. The molecule has 0 aliphatic rings. The van der Waals surface area contributed by atoms with Crippen LogP contribution in [0.1, 0.15) is 17.4 Å². The number of benzene rings is 1. The number of methoxy groups -OCH3 is 1. The lowest BCUT2D eigenvalue weighted by atomic mass is 10.3. The van der Waals surface area contributed by atoms with E-state index in [2.05, 4.69) is 5.10 Å². The van der Waals surface area contributed by atoms with Crippen molar-refractivity contribution in [2.75, 3.05) is 13.7 Å². The van der Waals surface area contributed by atoms with Crippen molar-refractivity contribution in [2.24, 2.45) is 0 Å². The minimum absolute atomic E-state index is 0.329. The Balaban J connectivity index is 2.45. The number of esters is 1. The number of nitrogens with zero attached hydrogens (tertiary/aromatic N) is 2. The summed E-state index contributed by atoms with van der Waals surface area (Å²) in [6.07, 6.45) is 1.55. The summed E-state index contributed by atoms with van der Waals surface area (Å²) in [5.74, 6) is 0.243. The molecule has 0 unspecified atom stereocenters. The van der Waals surface area contributed by atoms with Crippen molar-refractivity contribution in [3.63, 3.8) is 0 Å². The fraction of sp³-hybridized carbons (Fsp3) is 0.231. The Morgan fingerprint density at radius 1 is 1.33 bits per heavy atom. The fourth-order valence-corrected chi connectivity index (χ4v) is 1.66. The Morgan fingerprint density at radius 2 is 2.11 bits per heavy atom. The summed E-state index contributed by atoms with van der Waals surface area (Å²) in [7, 11) is 1.58. The third-order valence-corrected chi connectivity index (χ3v) is 2.44. The van der Waals surface area contributed by atoms with Crippen molar-refractivity contribution in [3.05, 3.63) is 42.2 Å². The molecule has 0 amide bonds. The SMILES string of the molecule is CCOC(=O)c1ccnn1-c1ccccc1OC. The Morgan fingerprint density at radius 3 is 2.83 bits per heavy atom. The maximum absolute atomic E-state index is 11.8. The van der Waals surface area contributed by atoms with Gasteiger partial charge in [-0.25, -0.2) is 9.48 Å². The number of para-hydroxylation sites is 2. The average molecular weight is 246 g/mol. The summed E-state index contributed by atoms with van der Waals surface area (Å²) in [5.41, 5.74) is 1.08. The van der Waals surface area contributed by atoms with E-state index in [4.69, 9.17) is 9.47 Å². The van der Waals surface area contributed by atoms with Crippen LogP contribution >= 0.6 is 0 Å².